The maximum Gasteiger partial charge on any atom is 0.261 e. The number of benzene rings is 2. The number of allylic oxidation sites excluding steroid dienone is 1. The van der Waals surface area contributed by atoms with E-state index in [4.69, 9.17) is 10.5 Å². The van der Waals surface area contributed by atoms with Crippen LogP contribution in [0, 0.1) is 0 Å². The lowest BCUT2D eigenvalue weighted by Gasteiger charge is -2.06. The molecule has 1 aromatic heterocycles. The molecule has 1 aliphatic heterocycles. The summed E-state index contributed by atoms with van der Waals surface area (Å²) in [6, 6.07) is 13.1. The van der Waals surface area contributed by atoms with E-state index in [1.165, 1.54) is 0 Å². The molecule has 0 atom stereocenters. The zero-order valence-corrected chi connectivity index (χ0v) is 13.3. The summed E-state index contributed by atoms with van der Waals surface area (Å²) in [5.41, 5.74) is 9.11. The summed E-state index contributed by atoms with van der Waals surface area (Å²) in [5, 5.41) is 0.571. The van der Waals surface area contributed by atoms with Crippen molar-refractivity contribution in [3.05, 3.63) is 64.2 Å². The van der Waals surface area contributed by atoms with Crippen LogP contribution in [0.2, 0.25) is 0 Å². The van der Waals surface area contributed by atoms with E-state index < -0.39 is 0 Å². The lowest BCUT2D eigenvalue weighted by Crippen LogP contribution is -2.20. The molecular formula is C19H17N3O2. The maximum absolute atomic E-state index is 12.7. The molecule has 0 unspecified atom stereocenters. The molecule has 5 heteroatoms. The van der Waals surface area contributed by atoms with Gasteiger partial charge in [-0.25, -0.2) is 4.98 Å². The summed E-state index contributed by atoms with van der Waals surface area (Å²) in [6.45, 7) is 0.641. The highest BCUT2D eigenvalue weighted by atomic mass is 16.5. The van der Waals surface area contributed by atoms with Gasteiger partial charge < -0.3 is 10.5 Å². The third-order valence-corrected chi connectivity index (χ3v) is 4.30. The molecule has 2 heterocycles. The minimum absolute atomic E-state index is 0.0312. The molecule has 3 aromatic rings. The fourth-order valence-electron chi connectivity index (χ4n) is 3.10. The second kappa shape index (κ2) is 5.53. The number of nitrogens with zero attached hydrogens (tertiary/aromatic N) is 2. The number of nitrogen functional groups attached to an aromatic ring is 1. The van der Waals surface area contributed by atoms with E-state index in [2.05, 4.69) is 11.1 Å². The number of aromatic nitrogens is 2. The maximum atomic E-state index is 12.7. The molecule has 5 nitrogen and oxygen atoms in total. The van der Waals surface area contributed by atoms with Crippen molar-refractivity contribution in [3.8, 4) is 5.75 Å². The molecule has 24 heavy (non-hydrogen) atoms. The Labute approximate surface area is 139 Å². The topological polar surface area (TPSA) is 70.1 Å². The van der Waals surface area contributed by atoms with Gasteiger partial charge in [0.1, 0.15) is 11.6 Å². The first-order valence-electron chi connectivity index (χ1n) is 7.81. The Bertz CT molecular complexity index is 1030. The minimum Gasteiger partial charge on any atom is -0.497 e. The average molecular weight is 319 g/mol. The van der Waals surface area contributed by atoms with Gasteiger partial charge in [-0.05, 0) is 54.0 Å². The van der Waals surface area contributed by atoms with Crippen LogP contribution in [0.15, 0.2) is 47.3 Å². The molecule has 4 rings (SSSR count). The Morgan fingerprint density at radius 2 is 2.12 bits per heavy atom. The van der Waals surface area contributed by atoms with Crippen molar-refractivity contribution in [2.75, 3.05) is 12.8 Å². The van der Waals surface area contributed by atoms with Crippen molar-refractivity contribution in [1.29, 1.82) is 0 Å². The van der Waals surface area contributed by atoms with Gasteiger partial charge in [0.25, 0.3) is 5.56 Å². The lowest BCUT2D eigenvalue weighted by molar-refractivity contribution is 0.414. The van der Waals surface area contributed by atoms with E-state index in [1.54, 1.807) is 29.9 Å². The van der Waals surface area contributed by atoms with Crippen molar-refractivity contribution >= 4 is 28.2 Å². The number of hydrogen-bond acceptors (Lipinski definition) is 4. The number of rotatable bonds is 2. The fraction of sp³-hybridized carbons (Fsp3) is 0.158. The standard InChI is InChI=1S/C19H17N3O2/c1-24-15-4-2-3-12(10-15)9-13-7-8-22-18(13)21-17-6-5-14(20)11-16(17)19(22)23/h2-6,9-11H,7-8,20H2,1H3. The number of methoxy groups -OCH3 is 1. The molecule has 1 aliphatic rings. The zero-order valence-electron chi connectivity index (χ0n) is 13.3. The second-order valence-electron chi connectivity index (χ2n) is 5.86. The molecule has 0 aliphatic carbocycles. The Morgan fingerprint density at radius 3 is 2.96 bits per heavy atom. The van der Waals surface area contributed by atoms with Crippen molar-refractivity contribution in [2.45, 2.75) is 13.0 Å². The third-order valence-electron chi connectivity index (χ3n) is 4.30. The van der Waals surface area contributed by atoms with Crippen LogP contribution in [0.1, 0.15) is 17.8 Å². The third kappa shape index (κ3) is 2.34. The Balaban J connectivity index is 1.87. The number of ether oxygens (including phenoxy) is 1. The van der Waals surface area contributed by atoms with Gasteiger partial charge in [-0.15, -0.1) is 0 Å². The first-order chi connectivity index (χ1) is 11.7. The zero-order chi connectivity index (χ0) is 16.7. The molecule has 2 aromatic carbocycles. The minimum atomic E-state index is -0.0312. The van der Waals surface area contributed by atoms with Crippen LogP contribution in [-0.4, -0.2) is 16.7 Å². The van der Waals surface area contributed by atoms with Crippen molar-refractivity contribution in [2.24, 2.45) is 0 Å². The highest BCUT2D eigenvalue weighted by Crippen LogP contribution is 2.28. The van der Waals surface area contributed by atoms with Crippen LogP contribution in [0.4, 0.5) is 5.69 Å². The molecule has 0 bridgehead atoms. The summed E-state index contributed by atoms with van der Waals surface area (Å²) >= 11 is 0. The monoisotopic (exact) mass is 319 g/mol. The quantitative estimate of drug-likeness (QED) is 0.737. The lowest BCUT2D eigenvalue weighted by atomic mass is 10.1. The second-order valence-corrected chi connectivity index (χ2v) is 5.86. The van der Waals surface area contributed by atoms with Gasteiger partial charge in [-0.1, -0.05) is 12.1 Å². The van der Waals surface area contributed by atoms with Gasteiger partial charge in [0.2, 0.25) is 0 Å². The van der Waals surface area contributed by atoms with E-state index in [1.807, 2.05) is 24.3 Å². The molecule has 0 radical (unpaired) electrons. The van der Waals surface area contributed by atoms with Gasteiger partial charge in [0, 0.05) is 12.2 Å². The van der Waals surface area contributed by atoms with Crippen LogP contribution < -0.4 is 16.0 Å². The van der Waals surface area contributed by atoms with Gasteiger partial charge in [-0.3, -0.25) is 9.36 Å². The van der Waals surface area contributed by atoms with Gasteiger partial charge in [0.05, 0.1) is 18.0 Å². The highest BCUT2D eigenvalue weighted by Gasteiger charge is 2.20. The first-order valence-corrected chi connectivity index (χ1v) is 7.81. The summed E-state index contributed by atoms with van der Waals surface area (Å²) in [4.78, 5) is 17.4. The molecule has 120 valence electrons. The Hall–Kier alpha value is -3.08. The molecule has 0 saturated heterocycles. The summed E-state index contributed by atoms with van der Waals surface area (Å²) in [7, 11) is 1.65. The van der Waals surface area contributed by atoms with Crippen LogP contribution in [0.25, 0.3) is 22.6 Å². The SMILES string of the molecule is COc1cccc(C=C2CCn3c2nc2ccc(N)cc2c3=O)c1. The molecule has 0 saturated carbocycles. The number of fused-ring (bicyclic) bond motifs is 2. The molecule has 2 N–H and O–H groups in total. The number of nitrogens with two attached hydrogens (primary N) is 1. The predicted molar refractivity (Wildman–Crippen MR) is 95.9 cm³/mol. The first kappa shape index (κ1) is 14.5. The fourth-order valence-corrected chi connectivity index (χ4v) is 3.10. The van der Waals surface area contributed by atoms with Crippen LogP contribution in [0.5, 0.6) is 5.75 Å². The largest absolute Gasteiger partial charge is 0.497 e. The van der Waals surface area contributed by atoms with E-state index in [0.717, 1.165) is 29.1 Å². The van der Waals surface area contributed by atoms with Crippen molar-refractivity contribution < 1.29 is 4.74 Å². The summed E-state index contributed by atoms with van der Waals surface area (Å²) in [6.07, 6.45) is 2.85. The van der Waals surface area contributed by atoms with Crippen LogP contribution >= 0.6 is 0 Å². The summed E-state index contributed by atoms with van der Waals surface area (Å²) in [5.74, 6) is 1.54. The molecule has 0 spiro atoms. The van der Waals surface area contributed by atoms with Crippen LogP contribution in [-0.2, 0) is 6.54 Å². The van der Waals surface area contributed by atoms with Gasteiger partial charge in [0.15, 0.2) is 0 Å². The van der Waals surface area contributed by atoms with Crippen LogP contribution in [0.3, 0.4) is 0 Å². The van der Waals surface area contributed by atoms with Gasteiger partial charge in [-0.2, -0.15) is 0 Å². The van der Waals surface area contributed by atoms with Crippen molar-refractivity contribution in [3.63, 3.8) is 0 Å². The predicted octanol–water partition coefficient (Wildman–Crippen LogP) is 2.93. The van der Waals surface area contributed by atoms with E-state index in [-0.39, 0.29) is 5.56 Å². The number of hydrogen-bond donors (Lipinski definition) is 1. The van der Waals surface area contributed by atoms with E-state index in [9.17, 15) is 4.79 Å². The highest BCUT2D eigenvalue weighted by molar-refractivity contribution is 5.86. The smallest absolute Gasteiger partial charge is 0.261 e. The van der Waals surface area contributed by atoms with Gasteiger partial charge >= 0.3 is 0 Å². The Kier molecular flexibility index (Phi) is 3.34. The molecule has 0 fully saturated rings. The number of anilines is 1. The van der Waals surface area contributed by atoms with E-state index in [0.29, 0.717) is 23.1 Å². The molecular weight excluding hydrogens is 302 g/mol. The Morgan fingerprint density at radius 1 is 1.25 bits per heavy atom. The normalized spacial score (nSPS) is 15.0. The average Bonchev–Trinajstić information content (AvgIpc) is 2.99. The van der Waals surface area contributed by atoms with Crippen molar-refractivity contribution in [1.82, 2.24) is 9.55 Å². The van der Waals surface area contributed by atoms with E-state index >= 15 is 0 Å². The molecule has 0 amide bonds. The summed E-state index contributed by atoms with van der Waals surface area (Å²) < 4.78 is 6.99.